The summed E-state index contributed by atoms with van der Waals surface area (Å²) in [5.41, 5.74) is 7.76. The molecule has 0 spiro atoms. The topological polar surface area (TPSA) is 38.7 Å². The number of fused-ring (bicyclic) bond motifs is 5. The van der Waals surface area contributed by atoms with Gasteiger partial charge in [-0.05, 0) is 68.1 Å². The predicted octanol–water partition coefficient (Wildman–Crippen LogP) is 12.9. The first-order valence-corrected chi connectivity index (χ1v) is 17.9. The second kappa shape index (κ2) is 12.1. The van der Waals surface area contributed by atoms with Crippen LogP contribution in [0, 0.1) is 0 Å². The van der Waals surface area contributed by atoms with Crippen LogP contribution in [0.25, 0.3) is 98.1 Å². The summed E-state index contributed by atoms with van der Waals surface area (Å²) < 4.78 is 2.58. The molecular weight excluding hydrogens is 639 g/mol. The predicted molar refractivity (Wildman–Crippen MR) is 215 cm³/mol. The van der Waals surface area contributed by atoms with E-state index in [1.807, 2.05) is 72.0 Å². The van der Waals surface area contributed by atoms with Gasteiger partial charge in [0.15, 0.2) is 17.5 Å². The number of thiophene rings is 1. The summed E-state index contributed by atoms with van der Waals surface area (Å²) in [6.45, 7) is 0. The fraction of sp³-hybridized carbons (Fsp3) is 0. The molecule has 0 aliphatic carbocycles. The lowest BCUT2D eigenvalue weighted by atomic mass is 9.94. The number of hydrogen-bond acceptors (Lipinski definition) is 4. The largest absolute Gasteiger partial charge is 0.208 e. The van der Waals surface area contributed by atoms with E-state index >= 15 is 0 Å². The van der Waals surface area contributed by atoms with Gasteiger partial charge in [-0.2, -0.15) is 0 Å². The third-order valence-corrected chi connectivity index (χ3v) is 10.8. The molecule has 2 aromatic heterocycles. The van der Waals surface area contributed by atoms with Gasteiger partial charge in [0.05, 0.1) is 0 Å². The van der Waals surface area contributed by atoms with Gasteiger partial charge in [-0.15, -0.1) is 11.3 Å². The van der Waals surface area contributed by atoms with Gasteiger partial charge in [-0.25, -0.2) is 15.0 Å². The first-order valence-electron chi connectivity index (χ1n) is 17.1. The molecule has 0 amide bonds. The smallest absolute Gasteiger partial charge is 0.164 e. The van der Waals surface area contributed by atoms with Crippen molar-refractivity contribution in [2.75, 3.05) is 0 Å². The molecule has 0 atom stereocenters. The van der Waals surface area contributed by atoms with E-state index in [4.69, 9.17) is 15.0 Å². The van der Waals surface area contributed by atoms with Crippen molar-refractivity contribution in [1.29, 1.82) is 0 Å². The van der Waals surface area contributed by atoms with Crippen molar-refractivity contribution >= 4 is 53.1 Å². The second-order valence-corrected chi connectivity index (χ2v) is 13.9. The Morgan fingerprint density at radius 3 is 1.47 bits per heavy atom. The molecule has 10 rings (SSSR count). The minimum atomic E-state index is 0.659. The molecule has 0 saturated heterocycles. The molecule has 8 aromatic carbocycles. The Kier molecular flexibility index (Phi) is 7.00. The molecule has 0 unspecified atom stereocenters. The monoisotopic (exact) mass is 667 g/mol. The Morgan fingerprint density at radius 2 is 0.784 bits per heavy atom. The van der Waals surface area contributed by atoms with E-state index in [2.05, 4.69) is 115 Å². The highest BCUT2D eigenvalue weighted by molar-refractivity contribution is 7.25. The molecule has 10 aromatic rings. The first-order chi connectivity index (χ1) is 25.2. The Hall–Kier alpha value is -6.49. The van der Waals surface area contributed by atoms with Crippen LogP contribution < -0.4 is 0 Å². The molecule has 4 heteroatoms. The Bertz CT molecular complexity index is 2860. The molecule has 3 nitrogen and oxygen atoms in total. The standard InChI is InChI=1S/C47H29N3S/c1-3-12-31(13-4-1)45-48-46(32-14-5-2-6-15-32)50-47(49-45)42-26-25-37(38-17-9-10-18-39(38)42)36-22-24-41-40-23-21-35(28-43(40)51-44(41)29-36)34-20-19-30-11-7-8-16-33(30)27-34/h1-29H. The fourth-order valence-electron chi connectivity index (χ4n) is 7.17. The summed E-state index contributed by atoms with van der Waals surface area (Å²) in [4.78, 5) is 15.0. The molecule has 238 valence electrons. The van der Waals surface area contributed by atoms with Crippen molar-refractivity contribution in [2.45, 2.75) is 0 Å². The normalized spacial score (nSPS) is 11.5. The SMILES string of the molecule is c1ccc(-c2nc(-c3ccccc3)nc(-c3ccc(-c4ccc5c(c4)sc4cc(-c6ccc7ccccc7c6)ccc45)c4ccccc34)n2)cc1. The van der Waals surface area contributed by atoms with Crippen LogP contribution in [0.5, 0.6) is 0 Å². The van der Waals surface area contributed by atoms with E-state index in [1.165, 1.54) is 53.2 Å². The van der Waals surface area contributed by atoms with Crippen LogP contribution in [0.4, 0.5) is 0 Å². The lowest BCUT2D eigenvalue weighted by Gasteiger charge is -2.13. The summed E-state index contributed by atoms with van der Waals surface area (Å²) in [6.07, 6.45) is 0. The van der Waals surface area contributed by atoms with Gasteiger partial charge < -0.3 is 0 Å². The maximum Gasteiger partial charge on any atom is 0.164 e. The van der Waals surface area contributed by atoms with Crippen LogP contribution in [-0.2, 0) is 0 Å². The van der Waals surface area contributed by atoms with Crippen LogP contribution in [0.2, 0.25) is 0 Å². The molecule has 2 heterocycles. The molecule has 0 bridgehead atoms. The van der Waals surface area contributed by atoms with E-state index in [0.29, 0.717) is 17.5 Å². The highest BCUT2D eigenvalue weighted by Gasteiger charge is 2.17. The molecule has 0 fully saturated rings. The molecule has 0 radical (unpaired) electrons. The lowest BCUT2D eigenvalue weighted by molar-refractivity contribution is 1.08. The van der Waals surface area contributed by atoms with Gasteiger partial charge >= 0.3 is 0 Å². The van der Waals surface area contributed by atoms with Crippen LogP contribution in [0.3, 0.4) is 0 Å². The molecule has 51 heavy (non-hydrogen) atoms. The minimum absolute atomic E-state index is 0.659. The zero-order valence-corrected chi connectivity index (χ0v) is 28.3. The van der Waals surface area contributed by atoms with E-state index < -0.39 is 0 Å². The fourth-order valence-corrected chi connectivity index (χ4v) is 8.35. The lowest BCUT2D eigenvalue weighted by Crippen LogP contribution is -2.00. The maximum absolute atomic E-state index is 5.04. The van der Waals surface area contributed by atoms with E-state index in [1.54, 1.807) is 0 Å². The van der Waals surface area contributed by atoms with E-state index in [9.17, 15) is 0 Å². The molecule has 0 N–H and O–H groups in total. The van der Waals surface area contributed by atoms with Gasteiger partial charge in [0, 0.05) is 36.9 Å². The van der Waals surface area contributed by atoms with Gasteiger partial charge in [-0.1, -0.05) is 152 Å². The maximum atomic E-state index is 5.04. The number of rotatable bonds is 5. The van der Waals surface area contributed by atoms with Crippen LogP contribution >= 0.6 is 11.3 Å². The summed E-state index contributed by atoms with van der Waals surface area (Å²) in [6, 6.07) is 62.3. The first kappa shape index (κ1) is 29.4. The van der Waals surface area contributed by atoms with Gasteiger partial charge in [0.1, 0.15) is 0 Å². The average Bonchev–Trinajstić information content (AvgIpc) is 3.58. The van der Waals surface area contributed by atoms with Gasteiger partial charge in [0.25, 0.3) is 0 Å². The average molecular weight is 668 g/mol. The molecule has 0 aliphatic heterocycles. The van der Waals surface area contributed by atoms with Crippen molar-refractivity contribution in [3.05, 3.63) is 176 Å². The summed E-state index contributed by atoms with van der Waals surface area (Å²) in [7, 11) is 0. The highest BCUT2D eigenvalue weighted by atomic mass is 32.1. The zero-order chi connectivity index (χ0) is 33.7. The van der Waals surface area contributed by atoms with Crippen molar-refractivity contribution in [3.63, 3.8) is 0 Å². The van der Waals surface area contributed by atoms with Gasteiger partial charge in [-0.3, -0.25) is 0 Å². The molecule has 0 aliphatic rings. The summed E-state index contributed by atoms with van der Waals surface area (Å²) in [5.74, 6) is 1.98. The van der Waals surface area contributed by atoms with Crippen molar-refractivity contribution in [1.82, 2.24) is 15.0 Å². The second-order valence-electron chi connectivity index (χ2n) is 12.8. The summed E-state index contributed by atoms with van der Waals surface area (Å²) in [5, 5.41) is 7.38. The number of aromatic nitrogens is 3. The van der Waals surface area contributed by atoms with E-state index in [0.717, 1.165) is 27.5 Å². The third kappa shape index (κ3) is 5.25. The minimum Gasteiger partial charge on any atom is -0.208 e. The van der Waals surface area contributed by atoms with Crippen LogP contribution in [0.15, 0.2) is 176 Å². The number of benzene rings is 8. The quantitative estimate of drug-likeness (QED) is 0.183. The van der Waals surface area contributed by atoms with Gasteiger partial charge in [0.2, 0.25) is 0 Å². The van der Waals surface area contributed by atoms with E-state index in [-0.39, 0.29) is 0 Å². The Morgan fingerprint density at radius 1 is 0.294 bits per heavy atom. The Balaban J connectivity index is 1.08. The molecule has 0 saturated carbocycles. The van der Waals surface area contributed by atoms with Crippen molar-refractivity contribution in [2.24, 2.45) is 0 Å². The Labute approximate surface area is 299 Å². The van der Waals surface area contributed by atoms with Crippen molar-refractivity contribution in [3.8, 4) is 56.4 Å². The van der Waals surface area contributed by atoms with Crippen molar-refractivity contribution < 1.29 is 0 Å². The zero-order valence-electron chi connectivity index (χ0n) is 27.5. The summed E-state index contributed by atoms with van der Waals surface area (Å²) >= 11 is 1.86. The van der Waals surface area contributed by atoms with Crippen LogP contribution in [0.1, 0.15) is 0 Å². The third-order valence-electron chi connectivity index (χ3n) is 9.73. The number of hydrogen-bond donors (Lipinski definition) is 0. The molecular formula is C47H29N3S. The highest BCUT2D eigenvalue weighted by Crippen LogP contribution is 2.41. The number of nitrogens with zero attached hydrogens (tertiary/aromatic N) is 3. The van der Waals surface area contributed by atoms with Crippen LogP contribution in [-0.4, -0.2) is 15.0 Å².